The van der Waals surface area contributed by atoms with Crippen LogP contribution >= 0.6 is 0 Å². The minimum absolute atomic E-state index is 0.0352. The van der Waals surface area contributed by atoms with E-state index >= 15 is 0 Å². The van der Waals surface area contributed by atoms with Crippen molar-refractivity contribution in [1.82, 2.24) is 5.32 Å². The highest BCUT2D eigenvalue weighted by molar-refractivity contribution is 5.78. The van der Waals surface area contributed by atoms with Crippen molar-refractivity contribution in [2.75, 3.05) is 13.2 Å². The summed E-state index contributed by atoms with van der Waals surface area (Å²) < 4.78 is 5.40. The number of amides is 1. The molecular weight excluding hydrogens is 228 g/mol. The minimum atomic E-state index is -0.231. The van der Waals surface area contributed by atoms with E-state index in [2.05, 4.69) is 5.32 Å². The molecule has 0 heterocycles. The molecule has 0 saturated heterocycles. The SMILES string of the molecule is CC(C)(C)NC(=O)COc1ccc(CCN)cc1. The van der Waals surface area contributed by atoms with E-state index in [4.69, 9.17) is 10.5 Å². The van der Waals surface area contributed by atoms with Gasteiger partial charge in [0.2, 0.25) is 0 Å². The number of ether oxygens (including phenoxy) is 1. The molecule has 1 amide bonds. The molecule has 0 atom stereocenters. The van der Waals surface area contributed by atoms with Crippen molar-refractivity contribution in [3.05, 3.63) is 29.8 Å². The van der Waals surface area contributed by atoms with E-state index in [9.17, 15) is 4.79 Å². The Morgan fingerprint density at radius 1 is 1.28 bits per heavy atom. The first kappa shape index (κ1) is 14.5. The fourth-order valence-corrected chi connectivity index (χ4v) is 1.52. The largest absolute Gasteiger partial charge is 0.484 e. The highest BCUT2D eigenvalue weighted by Gasteiger charge is 2.13. The number of nitrogens with two attached hydrogens (primary N) is 1. The maximum absolute atomic E-state index is 11.5. The predicted molar refractivity (Wildman–Crippen MR) is 72.6 cm³/mol. The number of hydrogen-bond acceptors (Lipinski definition) is 3. The van der Waals surface area contributed by atoms with E-state index in [1.807, 2.05) is 45.0 Å². The minimum Gasteiger partial charge on any atom is -0.484 e. The molecule has 0 aromatic heterocycles. The Bertz CT molecular complexity index is 380. The second-order valence-corrected chi connectivity index (χ2v) is 5.27. The Morgan fingerprint density at radius 2 is 1.89 bits per heavy atom. The van der Waals surface area contributed by atoms with Gasteiger partial charge in [-0.2, -0.15) is 0 Å². The maximum Gasteiger partial charge on any atom is 0.258 e. The molecule has 0 bridgehead atoms. The van der Waals surface area contributed by atoms with Gasteiger partial charge in [0.1, 0.15) is 5.75 Å². The van der Waals surface area contributed by atoms with E-state index in [1.54, 1.807) is 0 Å². The zero-order chi connectivity index (χ0) is 13.6. The number of rotatable bonds is 5. The summed E-state index contributed by atoms with van der Waals surface area (Å²) >= 11 is 0. The van der Waals surface area contributed by atoms with Crippen LogP contribution in [0.15, 0.2) is 24.3 Å². The summed E-state index contributed by atoms with van der Waals surface area (Å²) in [6, 6.07) is 7.64. The molecule has 3 N–H and O–H groups in total. The van der Waals surface area contributed by atoms with Crippen LogP contribution in [-0.4, -0.2) is 24.6 Å². The third-order valence-corrected chi connectivity index (χ3v) is 2.24. The monoisotopic (exact) mass is 250 g/mol. The molecule has 0 spiro atoms. The summed E-state index contributed by atoms with van der Waals surface area (Å²) in [7, 11) is 0. The van der Waals surface area contributed by atoms with Gasteiger partial charge < -0.3 is 15.8 Å². The molecule has 100 valence electrons. The number of carbonyl (C=O) groups excluding carboxylic acids is 1. The molecule has 0 aliphatic heterocycles. The van der Waals surface area contributed by atoms with Crippen molar-refractivity contribution in [1.29, 1.82) is 0 Å². The Balaban J connectivity index is 2.41. The van der Waals surface area contributed by atoms with Crippen LogP contribution in [0.1, 0.15) is 26.3 Å². The topological polar surface area (TPSA) is 64.3 Å². The molecule has 0 aliphatic rings. The molecule has 1 aromatic rings. The van der Waals surface area contributed by atoms with Gasteiger partial charge in [-0.3, -0.25) is 4.79 Å². The lowest BCUT2D eigenvalue weighted by molar-refractivity contribution is -0.124. The highest BCUT2D eigenvalue weighted by atomic mass is 16.5. The zero-order valence-electron chi connectivity index (χ0n) is 11.3. The van der Waals surface area contributed by atoms with Gasteiger partial charge >= 0.3 is 0 Å². The molecule has 0 saturated carbocycles. The van der Waals surface area contributed by atoms with Crippen LogP contribution < -0.4 is 15.8 Å². The van der Waals surface area contributed by atoms with Crippen molar-refractivity contribution in [2.24, 2.45) is 5.73 Å². The van der Waals surface area contributed by atoms with Gasteiger partial charge in [0.25, 0.3) is 5.91 Å². The Morgan fingerprint density at radius 3 is 2.39 bits per heavy atom. The summed E-state index contributed by atoms with van der Waals surface area (Å²) in [5.74, 6) is 0.577. The molecule has 0 aliphatic carbocycles. The molecule has 0 radical (unpaired) electrons. The van der Waals surface area contributed by atoms with Crippen LogP contribution in [0.4, 0.5) is 0 Å². The van der Waals surface area contributed by atoms with Gasteiger partial charge in [-0.05, 0) is 51.4 Å². The van der Waals surface area contributed by atoms with E-state index < -0.39 is 0 Å². The van der Waals surface area contributed by atoms with Crippen LogP contribution in [0.3, 0.4) is 0 Å². The second-order valence-electron chi connectivity index (χ2n) is 5.27. The average molecular weight is 250 g/mol. The Labute approximate surface area is 109 Å². The standard InChI is InChI=1S/C14H22N2O2/c1-14(2,3)16-13(17)10-18-12-6-4-11(5-7-12)8-9-15/h4-7H,8-10,15H2,1-3H3,(H,16,17). The van der Waals surface area contributed by atoms with Gasteiger partial charge in [0.05, 0.1) is 0 Å². The number of hydrogen-bond donors (Lipinski definition) is 2. The van der Waals surface area contributed by atoms with Gasteiger partial charge in [0, 0.05) is 5.54 Å². The van der Waals surface area contributed by atoms with Crippen LogP contribution in [0, 0.1) is 0 Å². The van der Waals surface area contributed by atoms with Gasteiger partial charge in [-0.15, -0.1) is 0 Å². The van der Waals surface area contributed by atoms with Crippen molar-refractivity contribution in [3.63, 3.8) is 0 Å². The van der Waals surface area contributed by atoms with E-state index in [0.717, 1.165) is 6.42 Å². The van der Waals surface area contributed by atoms with Gasteiger partial charge in [0.15, 0.2) is 6.61 Å². The normalized spacial score (nSPS) is 11.1. The third-order valence-electron chi connectivity index (χ3n) is 2.24. The Hall–Kier alpha value is -1.55. The van der Waals surface area contributed by atoms with E-state index in [0.29, 0.717) is 12.3 Å². The molecule has 18 heavy (non-hydrogen) atoms. The third kappa shape index (κ3) is 5.68. The van der Waals surface area contributed by atoms with Crippen LogP contribution in [0.2, 0.25) is 0 Å². The van der Waals surface area contributed by atoms with Crippen LogP contribution in [-0.2, 0) is 11.2 Å². The molecule has 1 aromatic carbocycles. The van der Waals surface area contributed by atoms with E-state index in [-0.39, 0.29) is 18.1 Å². The lowest BCUT2D eigenvalue weighted by Gasteiger charge is -2.20. The molecular formula is C14H22N2O2. The number of benzene rings is 1. The van der Waals surface area contributed by atoms with Gasteiger partial charge in [-0.25, -0.2) is 0 Å². The zero-order valence-corrected chi connectivity index (χ0v) is 11.3. The highest BCUT2D eigenvalue weighted by Crippen LogP contribution is 2.12. The molecule has 4 heteroatoms. The quantitative estimate of drug-likeness (QED) is 0.832. The molecule has 0 unspecified atom stereocenters. The van der Waals surface area contributed by atoms with Crippen molar-refractivity contribution in [3.8, 4) is 5.75 Å². The first-order valence-corrected chi connectivity index (χ1v) is 6.13. The fraction of sp³-hybridized carbons (Fsp3) is 0.500. The number of carbonyl (C=O) groups is 1. The van der Waals surface area contributed by atoms with Gasteiger partial charge in [-0.1, -0.05) is 12.1 Å². The predicted octanol–water partition coefficient (Wildman–Crippen LogP) is 1.48. The molecule has 1 rings (SSSR count). The first-order valence-electron chi connectivity index (χ1n) is 6.13. The lowest BCUT2D eigenvalue weighted by Crippen LogP contribution is -2.43. The van der Waals surface area contributed by atoms with E-state index in [1.165, 1.54) is 5.56 Å². The summed E-state index contributed by atoms with van der Waals surface area (Å²) in [5.41, 5.74) is 6.41. The van der Waals surface area contributed by atoms with Crippen LogP contribution in [0.5, 0.6) is 5.75 Å². The fourth-order valence-electron chi connectivity index (χ4n) is 1.52. The maximum atomic E-state index is 11.5. The smallest absolute Gasteiger partial charge is 0.258 e. The lowest BCUT2D eigenvalue weighted by atomic mass is 10.1. The summed E-state index contributed by atoms with van der Waals surface area (Å²) in [4.78, 5) is 11.5. The summed E-state index contributed by atoms with van der Waals surface area (Å²) in [6.07, 6.45) is 0.852. The van der Waals surface area contributed by atoms with Crippen molar-refractivity contribution in [2.45, 2.75) is 32.7 Å². The van der Waals surface area contributed by atoms with Crippen LogP contribution in [0.25, 0.3) is 0 Å². The summed E-state index contributed by atoms with van der Waals surface area (Å²) in [5, 5.41) is 2.84. The average Bonchev–Trinajstić information content (AvgIpc) is 2.26. The van der Waals surface area contributed by atoms with Crippen molar-refractivity contribution < 1.29 is 9.53 Å². The number of nitrogens with one attached hydrogen (secondary N) is 1. The molecule has 0 fully saturated rings. The second kappa shape index (κ2) is 6.40. The Kier molecular flexibility index (Phi) is 5.16. The summed E-state index contributed by atoms with van der Waals surface area (Å²) in [6.45, 7) is 6.48. The molecule has 4 nitrogen and oxygen atoms in total. The van der Waals surface area contributed by atoms with Crippen molar-refractivity contribution >= 4 is 5.91 Å². The first-order chi connectivity index (χ1) is 8.40.